The van der Waals surface area contributed by atoms with Crippen LogP contribution in [0.2, 0.25) is 0 Å². The van der Waals surface area contributed by atoms with Crippen LogP contribution >= 0.6 is 0 Å². The van der Waals surface area contributed by atoms with Crippen molar-refractivity contribution in [2.45, 2.75) is 71.8 Å². The molecule has 0 aliphatic carbocycles. The number of hydrogen-bond acceptors (Lipinski definition) is 2. The lowest BCUT2D eigenvalue weighted by Crippen LogP contribution is -2.09. The largest absolute Gasteiger partial charge is 0.388 e. The van der Waals surface area contributed by atoms with Gasteiger partial charge in [-0.3, -0.25) is 4.79 Å². The summed E-state index contributed by atoms with van der Waals surface area (Å²) in [4.78, 5) is 12.5. The Morgan fingerprint density at radius 3 is 2.24 bits per heavy atom. The third kappa shape index (κ3) is 6.01. The second-order valence-corrected chi connectivity index (χ2v) is 6.00. The van der Waals surface area contributed by atoms with Gasteiger partial charge < -0.3 is 5.11 Å². The molecule has 2 nitrogen and oxygen atoms in total. The lowest BCUT2D eigenvalue weighted by molar-refractivity contribution is 0.0955. The van der Waals surface area contributed by atoms with Gasteiger partial charge in [0.25, 0.3) is 0 Å². The van der Waals surface area contributed by atoms with E-state index in [0.29, 0.717) is 12.3 Å². The highest BCUT2D eigenvalue weighted by atomic mass is 16.3. The van der Waals surface area contributed by atoms with Gasteiger partial charge in [0.05, 0.1) is 6.10 Å². The van der Waals surface area contributed by atoms with Crippen molar-refractivity contribution in [2.24, 2.45) is 5.92 Å². The Balaban J connectivity index is 2.75. The molecule has 0 saturated carbocycles. The molecule has 0 saturated heterocycles. The summed E-state index contributed by atoms with van der Waals surface area (Å²) >= 11 is 0. The van der Waals surface area contributed by atoms with Crippen LogP contribution in [0.25, 0.3) is 0 Å². The third-order valence-corrected chi connectivity index (χ3v) is 4.02. The maximum absolute atomic E-state index is 12.5. The smallest absolute Gasteiger partial charge is 0.163 e. The number of benzene rings is 1. The topological polar surface area (TPSA) is 37.3 Å². The van der Waals surface area contributed by atoms with Gasteiger partial charge >= 0.3 is 0 Å². The summed E-state index contributed by atoms with van der Waals surface area (Å²) in [5.74, 6) is 0.712. The van der Waals surface area contributed by atoms with E-state index in [1.54, 1.807) is 0 Å². The number of carbonyl (C=O) groups is 1. The highest BCUT2D eigenvalue weighted by Crippen LogP contribution is 2.23. The third-order valence-electron chi connectivity index (χ3n) is 4.02. The number of hydrogen-bond donors (Lipinski definition) is 1. The van der Waals surface area contributed by atoms with Gasteiger partial charge in [0.15, 0.2) is 5.78 Å². The molecule has 118 valence electrons. The zero-order valence-corrected chi connectivity index (χ0v) is 13.8. The maximum Gasteiger partial charge on any atom is 0.163 e. The van der Waals surface area contributed by atoms with Crippen LogP contribution in [0.1, 0.15) is 87.7 Å². The molecule has 1 aromatic carbocycles. The predicted molar refractivity (Wildman–Crippen MR) is 88.6 cm³/mol. The number of aliphatic hydroxyl groups excluding tert-OH is 1. The Kier molecular flexibility index (Phi) is 8.29. The van der Waals surface area contributed by atoms with Gasteiger partial charge in [-0.25, -0.2) is 0 Å². The molecule has 0 heterocycles. The Morgan fingerprint density at radius 2 is 1.67 bits per heavy atom. The van der Waals surface area contributed by atoms with Crippen molar-refractivity contribution in [1.82, 2.24) is 0 Å². The Labute approximate surface area is 129 Å². The van der Waals surface area contributed by atoms with E-state index in [-0.39, 0.29) is 5.78 Å². The van der Waals surface area contributed by atoms with Gasteiger partial charge in [-0.05, 0) is 24.0 Å². The molecule has 0 fully saturated rings. The van der Waals surface area contributed by atoms with Gasteiger partial charge in [0.2, 0.25) is 0 Å². The molecule has 0 radical (unpaired) electrons. The standard InChI is InChI=1S/C19H30O2/c1-4-8-15(9-5-2)13-19(21)17-12-7-11-16(14-17)18(20)10-6-3/h7,11-12,14-15,18,20H,4-6,8-10,13H2,1-3H3/t18-/m1/s1. The number of ketones is 1. The first-order valence-corrected chi connectivity index (χ1v) is 8.43. The van der Waals surface area contributed by atoms with Crippen molar-refractivity contribution >= 4 is 5.78 Å². The summed E-state index contributed by atoms with van der Waals surface area (Å²) in [7, 11) is 0. The summed E-state index contributed by atoms with van der Waals surface area (Å²) in [6.45, 7) is 6.40. The Morgan fingerprint density at radius 1 is 1.05 bits per heavy atom. The number of carbonyl (C=O) groups excluding carboxylic acids is 1. The Hall–Kier alpha value is -1.15. The van der Waals surface area contributed by atoms with Crippen molar-refractivity contribution in [1.29, 1.82) is 0 Å². The molecule has 0 unspecified atom stereocenters. The van der Waals surface area contributed by atoms with Crippen LogP contribution in [0.5, 0.6) is 0 Å². The van der Waals surface area contributed by atoms with Crippen LogP contribution in [0, 0.1) is 5.92 Å². The van der Waals surface area contributed by atoms with Gasteiger partial charge in [0.1, 0.15) is 0 Å². The second-order valence-electron chi connectivity index (χ2n) is 6.00. The molecule has 0 spiro atoms. The van der Waals surface area contributed by atoms with Crippen LogP contribution in [0.15, 0.2) is 24.3 Å². The molecule has 0 aromatic heterocycles. The minimum Gasteiger partial charge on any atom is -0.388 e. The monoisotopic (exact) mass is 290 g/mol. The van der Waals surface area contributed by atoms with Crippen LogP contribution < -0.4 is 0 Å². The molecule has 1 N–H and O–H groups in total. The van der Waals surface area contributed by atoms with E-state index in [2.05, 4.69) is 20.8 Å². The molecular formula is C19H30O2. The van der Waals surface area contributed by atoms with Crippen molar-refractivity contribution in [3.8, 4) is 0 Å². The molecule has 0 aliphatic rings. The zero-order valence-electron chi connectivity index (χ0n) is 13.8. The molecule has 1 rings (SSSR count). The molecule has 0 amide bonds. The summed E-state index contributed by atoms with van der Waals surface area (Å²) in [5, 5.41) is 10.1. The second kappa shape index (κ2) is 9.73. The average Bonchev–Trinajstić information content (AvgIpc) is 2.48. The lowest BCUT2D eigenvalue weighted by atomic mass is 9.90. The minimum atomic E-state index is -0.454. The fraction of sp³-hybridized carbons (Fsp3) is 0.632. The molecule has 0 bridgehead atoms. The zero-order chi connectivity index (χ0) is 15.7. The first-order valence-electron chi connectivity index (χ1n) is 8.43. The normalized spacial score (nSPS) is 12.6. The van der Waals surface area contributed by atoms with E-state index in [4.69, 9.17) is 0 Å². The minimum absolute atomic E-state index is 0.215. The summed E-state index contributed by atoms with van der Waals surface area (Å²) < 4.78 is 0. The van der Waals surface area contributed by atoms with Crippen molar-refractivity contribution in [3.05, 3.63) is 35.4 Å². The van der Waals surface area contributed by atoms with Crippen LogP contribution in [-0.2, 0) is 0 Å². The average molecular weight is 290 g/mol. The van der Waals surface area contributed by atoms with E-state index in [0.717, 1.165) is 49.7 Å². The number of rotatable bonds is 10. The van der Waals surface area contributed by atoms with E-state index in [1.807, 2.05) is 24.3 Å². The summed E-state index contributed by atoms with van der Waals surface area (Å²) in [5.41, 5.74) is 1.62. The van der Waals surface area contributed by atoms with Crippen molar-refractivity contribution in [2.75, 3.05) is 0 Å². The van der Waals surface area contributed by atoms with Gasteiger partial charge in [0, 0.05) is 12.0 Å². The molecule has 2 heteroatoms. The fourth-order valence-electron chi connectivity index (χ4n) is 2.90. The molecule has 1 aromatic rings. The first-order chi connectivity index (χ1) is 10.1. The first kappa shape index (κ1) is 17.9. The lowest BCUT2D eigenvalue weighted by Gasteiger charge is -2.15. The van der Waals surface area contributed by atoms with Crippen molar-refractivity contribution < 1.29 is 9.90 Å². The van der Waals surface area contributed by atoms with E-state index < -0.39 is 6.10 Å². The van der Waals surface area contributed by atoms with Gasteiger partial charge in [-0.2, -0.15) is 0 Å². The predicted octanol–water partition coefficient (Wildman–Crippen LogP) is 5.31. The molecule has 1 atom stereocenters. The quantitative estimate of drug-likeness (QED) is 0.593. The summed E-state index contributed by atoms with van der Waals surface area (Å²) in [6.07, 6.45) is 6.37. The number of aliphatic hydroxyl groups is 1. The fourth-order valence-corrected chi connectivity index (χ4v) is 2.90. The Bertz CT molecular complexity index is 419. The van der Waals surface area contributed by atoms with E-state index >= 15 is 0 Å². The highest BCUT2D eigenvalue weighted by Gasteiger charge is 2.15. The molecule has 21 heavy (non-hydrogen) atoms. The van der Waals surface area contributed by atoms with Crippen molar-refractivity contribution in [3.63, 3.8) is 0 Å². The van der Waals surface area contributed by atoms with Gasteiger partial charge in [-0.15, -0.1) is 0 Å². The van der Waals surface area contributed by atoms with Crippen LogP contribution in [-0.4, -0.2) is 10.9 Å². The van der Waals surface area contributed by atoms with E-state index in [1.165, 1.54) is 0 Å². The highest BCUT2D eigenvalue weighted by molar-refractivity contribution is 5.96. The maximum atomic E-state index is 12.5. The van der Waals surface area contributed by atoms with E-state index in [9.17, 15) is 9.90 Å². The summed E-state index contributed by atoms with van der Waals surface area (Å²) in [6, 6.07) is 7.54. The SMILES string of the molecule is CCCC(CCC)CC(=O)c1cccc([C@H](O)CCC)c1. The molecule has 0 aliphatic heterocycles. The van der Waals surface area contributed by atoms with Crippen LogP contribution in [0.3, 0.4) is 0 Å². The number of Topliss-reactive ketones (excluding diaryl/α,β-unsaturated/α-hetero) is 1. The van der Waals surface area contributed by atoms with Crippen LogP contribution in [0.4, 0.5) is 0 Å². The van der Waals surface area contributed by atoms with Gasteiger partial charge in [-0.1, -0.05) is 71.1 Å². The molecular weight excluding hydrogens is 260 g/mol.